The summed E-state index contributed by atoms with van der Waals surface area (Å²) in [5.41, 5.74) is 1.06. The van der Waals surface area contributed by atoms with E-state index in [2.05, 4.69) is 31.0 Å². The summed E-state index contributed by atoms with van der Waals surface area (Å²) in [6.45, 7) is 12.3. The molecule has 2 heterocycles. The van der Waals surface area contributed by atoms with Crippen molar-refractivity contribution in [2.24, 2.45) is 5.41 Å². The summed E-state index contributed by atoms with van der Waals surface area (Å²) in [6, 6.07) is 0. The van der Waals surface area contributed by atoms with Crippen LogP contribution in [-0.2, 0) is 0 Å². The lowest BCUT2D eigenvalue weighted by molar-refractivity contribution is 0.0679. The van der Waals surface area contributed by atoms with Crippen molar-refractivity contribution in [3.63, 3.8) is 0 Å². The molecule has 2 heteroatoms. The van der Waals surface area contributed by atoms with E-state index in [1.165, 1.54) is 58.3 Å². The summed E-state index contributed by atoms with van der Waals surface area (Å²) in [5, 5.41) is 3.50. The van der Waals surface area contributed by atoms with Gasteiger partial charge in [0, 0.05) is 12.1 Å². The Labute approximate surface area is 101 Å². The minimum atomic E-state index is 0.451. The first kappa shape index (κ1) is 12.4. The van der Waals surface area contributed by atoms with Crippen LogP contribution < -0.4 is 5.32 Å². The van der Waals surface area contributed by atoms with Crippen LogP contribution in [0.3, 0.4) is 0 Å². The third kappa shape index (κ3) is 2.43. The fourth-order valence-electron chi connectivity index (χ4n) is 3.44. The molecule has 0 aromatic heterocycles. The normalized spacial score (nSPS) is 29.4. The first-order valence-corrected chi connectivity index (χ1v) is 7.04. The molecule has 94 valence electrons. The van der Waals surface area contributed by atoms with E-state index in [-0.39, 0.29) is 0 Å². The molecule has 0 aromatic carbocycles. The van der Waals surface area contributed by atoms with E-state index in [1.807, 2.05) is 0 Å². The molecule has 0 radical (unpaired) electrons. The molecule has 0 atom stereocenters. The minimum absolute atomic E-state index is 0.451. The van der Waals surface area contributed by atoms with Crippen molar-refractivity contribution < 1.29 is 0 Å². The SMILES string of the molecule is CCC1(CN2CCCC2(C)C)CCNCC1. The molecule has 0 spiro atoms. The topological polar surface area (TPSA) is 15.3 Å². The molecule has 2 fully saturated rings. The third-order valence-electron chi connectivity index (χ3n) is 5.01. The summed E-state index contributed by atoms with van der Waals surface area (Å²) < 4.78 is 0. The lowest BCUT2D eigenvalue weighted by atomic mass is 9.75. The van der Waals surface area contributed by atoms with Crippen molar-refractivity contribution in [2.75, 3.05) is 26.2 Å². The zero-order chi connectivity index (χ0) is 11.6. The maximum Gasteiger partial charge on any atom is 0.0153 e. The smallest absolute Gasteiger partial charge is 0.0153 e. The van der Waals surface area contributed by atoms with Crippen LogP contribution in [0, 0.1) is 5.41 Å². The van der Waals surface area contributed by atoms with Crippen molar-refractivity contribution in [3.8, 4) is 0 Å². The van der Waals surface area contributed by atoms with E-state index < -0.39 is 0 Å². The van der Waals surface area contributed by atoms with Crippen LogP contribution in [-0.4, -0.2) is 36.6 Å². The standard InChI is InChI=1S/C14H28N2/c1-4-14(7-9-15-10-8-14)12-16-11-5-6-13(16,2)3/h15H,4-12H2,1-3H3. The predicted octanol–water partition coefficient (Wildman–Crippen LogP) is 2.64. The highest BCUT2D eigenvalue weighted by molar-refractivity contribution is 4.94. The fraction of sp³-hybridized carbons (Fsp3) is 1.00. The molecule has 0 aliphatic carbocycles. The van der Waals surface area contributed by atoms with Gasteiger partial charge in [-0.2, -0.15) is 0 Å². The van der Waals surface area contributed by atoms with E-state index in [0.29, 0.717) is 11.0 Å². The number of rotatable bonds is 3. The fourth-order valence-corrected chi connectivity index (χ4v) is 3.44. The van der Waals surface area contributed by atoms with Gasteiger partial charge in [-0.15, -0.1) is 0 Å². The molecule has 0 unspecified atom stereocenters. The van der Waals surface area contributed by atoms with E-state index in [9.17, 15) is 0 Å². The van der Waals surface area contributed by atoms with Gasteiger partial charge in [0.15, 0.2) is 0 Å². The molecular formula is C14H28N2. The van der Waals surface area contributed by atoms with E-state index in [0.717, 1.165) is 0 Å². The molecule has 0 bridgehead atoms. The minimum Gasteiger partial charge on any atom is -0.317 e. The lowest BCUT2D eigenvalue weighted by Crippen LogP contribution is -2.48. The highest BCUT2D eigenvalue weighted by Crippen LogP contribution is 2.38. The van der Waals surface area contributed by atoms with Crippen LogP contribution in [0.4, 0.5) is 0 Å². The van der Waals surface area contributed by atoms with Gasteiger partial charge in [0.1, 0.15) is 0 Å². The molecule has 0 amide bonds. The van der Waals surface area contributed by atoms with Crippen LogP contribution in [0.2, 0.25) is 0 Å². The van der Waals surface area contributed by atoms with E-state index >= 15 is 0 Å². The highest BCUT2D eigenvalue weighted by Gasteiger charge is 2.39. The Morgan fingerprint density at radius 1 is 1.12 bits per heavy atom. The van der Waals surface area contributed by atoms with Gasteiger partial charge in [-0.1, -0.05) is 6.92 Å². The first-order valence-electron chi connectivity index (χ1n) is 7.04. The van der Waals surface area contributed by atoms with Gasteiger partial charge in [-0.05, 0) is 71.0 Å². The number of hydrogen-bond donors (Lipinski definition) is 1. The van der Waals surface area contributed by atoms with E-state index in [4.69, 9.17) is 0 Å². The summed E-state index contributed by atoms with van der Waals surface area (Å²) in [4.78, 5) is 2.75. The Bertz CT molecular complexity index is 229. The number of likely N-dealkylation sites (tertiary alicyclic amines) is 1. The van der Waals surface area contributed by atoms with Crippen molar-refractivity contribution in [2.45, 2.75) is 58.4 Å². The number of hydrogen-bond acceptors (Lipinski definition) is 2. The Balaban J connectivity index is 2.00. The molecule has 2 aliphatic rings. The zero-order valence-corrected chi connectivity index (χ0v) is 11.3. The molecule has 1 N–H and O–H groups in total. The molecule has 2 aliphatic heterocycles. The number of piperidine rings is 1. The van der Waals surface area contributed by atoms with Gasteiger partial charge in [0.25, 0.3) is 0 Å². The van der Waals surface area contributed by atoms with E-state index in [1.54, 1.807) is 0 Å². The second kappa shape index (κ2) is 4.66. The third-order valence-corrected chi connectivity index (χ3v) is 5.01. The summed E-state index contributed by atoms with van der Waals surface area (Å²) in [6.07, 6.45) is 6.86. The van der Waals surface area contributed by atoms with Crippen molar-refractivity contribution in [1.29, 1.82) is 0 Å². The van der Waals surface area contributed by atoms with Gasteiger partial charge >= 0.3 is 0 Å². The predicted molar refractivity (Wildman–Crippen MR) is 69.7 cm³/mol. The Morgan fingerprint density at radius 3 is 2.31 bits per heavy atom. The maximum atomic E-state index is 3.50. The molecule has 0 saturated carbocycles. The number of nitrogens with zero attached hydrogens (tertiary/aromatic N) is 1. The lowest BCUT2D eigenvalue weighted by Gasteiger charge is -2.44. The zero-order valence-electron chi connectivity index (χ0n) is 11.3. The van der Waals surface area contributed by atoms with Crippen LogP contribution in [0.25, 0.3) is 0 Å². The largest absolute Gasteiger partial charge is 0.317 e. The van der Waals surface area contributed by atoms with Gasteiger partial charge in [-0.25, -0.2) is 0 Å². The van der Waals surface area contributed by atoms with Gasteiger partial charge in [0.2, 0.25) is 0 Å². The Kier molecular flexibility index (Phi) is 3.60. The van der Waals surface area contributed by atoms with Gasteiger partial charge in [-0.3, -0.25) is 4.90 Å². The molecule has 2 nitrogen and oxygen atoms in total. The second-order valence-electron chi connectivity index (χ2n) is 6.44. The van der Waals surface area contributed by atoms with Gasteiger partial charge < -0.3 is 5.32 Å². The molecule has 0 aromatic rings. The van der Waals surface area contributed by atoms with Crippen LogP contribution >= 0.6 is 0 Å². The quantitative estimate of drug-likeness (QED) is 0.793. The maximum absolute atomic E-state index is 3.50. The summed E-state index contributed by atoms with van der Waals surface area (Å²) >= 11 is 0. The molecule has 16 heavy (non-hydrogen) atoms. The first-order chi connectivity index (χ1) is 7.58. The van der Waals surface area contributed by atoms with Crippen LogP contribution in [0.5, 0.6) is 0 Å². The number of nitrogens with one attached hydrogen (secondary N) is 1. The highest BCUT2D eigenvalue weighted by atomic mass is 15.2. The Morgan fingerprint density at radius 2 is 1.81 bits per heavy atom. The average molecular weight is 224 g/mol. The summed E-state index contributed by atoms with van der Waals surface area (Å²) in [7, 11) is 0. The van der Waals surface area contributed by atoms with Crippen LogP contribution in [0.15, 0.2) is 0 Å². The monoisotopic (exact) mass is 224 g/mol. The molecule has 2 rings (SSSR count). The Hall–Kier alpha value is -0.0800. The van der Waals surface area contributed by atoms with Crippen LogP contribution in [0.1, 0.15) is 52.9 Å². The second-order valence-corrected chi connectivity index (χ2v) is 6.44. The molecular weight excluding hydrogens is 196 g/mol. The van der Waals surface area contributed by atoms with Crippen molar-refractivity contribution in [1.82, 2.24) is 10.2 Å². The van der Waals surface area contributed by atoms with Gasteiger partial charge in [0.05, 0.1) is 0 Å². The summed E-state index contributed by atoms with van der Waals surface area (Å²) in [5.74, 6) is 0. The average Bonchev–Trinajstić information content (AvgIpc) is 2.60. The van der Waals surface area contributed by atoms with Crippen molar-refractivity contribution in [3.05, 3.63) is 0 Å². The molecule has 2 saturated heterocycles. The van der Waals surface area contributed by atoms with Crippen molar-refractivity contribution >= 4 is 0 Å².